The molecular formula is C16H21N3. The molecule has 2 rings (SSSR count). The summed E-state index contributed by atoms with van der Waals surface area (Å²) in [6.45, 7) is 5.09. The standard InChI is InChI=1S/C16H21N3/c1-12-5-6-13(2)14(9-12)10-17-15-7-8-16(18-11-15)19(3)4/h5-9,11,17H,10H2,1-4H3. The lowest BCUT2D eigenvalue weighted by Gasteiger charge is -2.13. The van der Waals surface area contributed by atoms with Gasteiger partial charge in [-0.05, 0) is 37.1 Å². The van der Waals surface area contributed by atoms with E-state index in [1.54, 1.807) is 0 Å². The SMILES string of the molecule is Cc1ccc(C)c(CNc2ccc(N(C)C)nc2)c1. The Hall–Kier alpha value is -2.03. The van der Waals surface area contributed by atoms with Crippen LogP contribution < -0.4 is 10.2 Å². The topological polar surface area (TPSA) is 28.2 Å². The molecule has 0 amide bonds. The Morgan fingerprint density at radius 2 is 1.89 bits per heavy atom. The van der Waals surface area contributed by atoms with Crippen molar-refractivity contribution in [2.24, 2.45) is 0 Å². The lowest BCUT2D eigenvalue weighted by atomic mass is 10.1. The summed E-state index contributed by atoms with van der Waals surface area (Å²) in [7, 11) is 3.98. The van der Waals surface area contributed by atoms with E-state index in [9.17, 15) is 0 Å². The third kappa shape index (κ3) is 3.47. The molecule has 3 heteroatoms. The minimum Gasteiger partial charge on any atom is -0.380 e. The molecule has 0 aliphatic carbocycles. The molecule has 100 valence electrons. The number of hydrogen-bond donors (Lipinski definition) is 1. The summed E-state index contributed by atoms with van der Waals surface area (Å²) >= 11 is 0. The maximum atomic E-state index is 4.39. The van der Waals surface area contributed by atoms with Crippen LogP contribution in [0.3, 0.4) is 0 Å². The lowest BCUT2D eigenvalue weighted by molar-refractivity contribution is 1.06. The molecule has 19 heavy (non-hydrogen) atoms. The van der Waals surface area contributed by atoms with Crippen molar-refractivity contribution in [1.29, 1.82) is 0 Å². The van der Waals surface area contributed by atoms with Crippen molar-refractivity contribution in [3.8, 4) is 0 Å². The van der Waals surface area contributed by atoms with E-state index >= 15 is 0 Å². The van der Waals surface area contributed by atoms with Crippen molar-refractivity contribution >= 4 is 11.5 Å². The van der Waals surface area contributed by atoms with Crippen LogP contribution in [0.25, 0.3) is 0 Å². The van der Waals surface area contributed by atoms with Gasteiger partial charge < -0.3 is 10.2 Å². The van der Waals surface area contributed by atoms with Gasteiger partial charge in [0, 0.05) is 20.6 Å². The molecule has 1 heterocycles. The minimum absolute atomic E-state index is 0.830. The second kappa shape index (κ2) is 5.74. The number of hydrogen-bond acceptors (Lipinski definition) is 3. The van der Waals surface area contributed by atoms with Crippen LogP contribution in [0.1, 0.15) is 16.7 Å². The van der Waals surface area contributed by atoms with Crippen molar-refractivity contribution < 1.29 is 0 Å². The second-order valence-electron chi connectivity index (χ2n) is 5.08. The quantitative estimate of drug-likeness (QED) is 0.907. The fraction of sp³-hybridized carbons (Fsp3) is 0.312. The van der Waals surface area contributed by atoms with E-state index in [-0.39, 0.29) is 0 Å². The third-order valence-corrected chi connectivity index (χ3v) is 3.19. The van der Waals surface area contributed by atoms with E-state index in [0.717, 1.165) is 18.1 Å². The van der Waals surface area contributed by atoms with Gasteiger partial charge >= 0.3 is 0 Å². The van der Waals surface area contributed by atoms with E-state index < -0.39 is 0 Å². The van der Waals surface area contributed by atoms with E-state index in [0.29, 0.717) is 0 Å². The predicted octanol–water partition coefficient (Wildman–Crippen LogP) is 3.38. The van der Waals surface area contributed by atoms with Gasteiger partial charge in [-0.1, -0.05) is 23.8 Å². The van der Waals surface area contributed by atoms with E-state index in [1.165, 1.54) is 16.7 Å². The highest BCUT2D eigenvalue weighted by molar-refractivity contribution is 5.48. The first kappa shape index (κ1) is 13.4. The van der Waals surface area contributed by atoms with Gasteiger partial charge in [-0.25, -0.2) is 4.98 Å². The highest BCUT2D eigenvalue weighted by Gasteiger charge is 2.00. The Balaban J connectivity index is 2.04. The van der Waals surface area contributed by atoms with Crippen molar-refractivity contribution in [1.82, 2.24) is 4.98 Å². The van der Waals surface area contributed by atoms with Crippen molar-refractivity contribution in [2.45, 2.75) is 20.4 Å². The molecule has 0 saturated heterocycles. The zero-order valence-corrected chi connectivity index (χ0v) is 12.1. The molecule has 0 aliphatic rings. The normalized spacial score (nSPS) is 10.3. The largest absolute Gasteiger partial charge is 0.380 e. The summed E-state index contributed by atoms with van der Waals surface area (Å²) in [6, 6.07) is 10.6. The number of benzene rings is 1. The van der Waals surface area contributed by atoms with Crippen LogP contribution in [0.4, 0.5) is 11.5 Å². The summed E-state index contributed by atoms with van der Waals surface area (Å²) in [5, 5.41) is 3.41. The molecule has 0 spiro atoms. The maximum Gasteiger partial charge on any atom is 0.128 e. The number of nitrogens with zero attached hydrogens (tertiary/aromatic N) is 2. The highest BCUT2D eigenvalue weighted by atomic mass is 15.1. The first-order valence-electron chi connectivity index (χ1n) is 6.49. The van der Waals surface area contributed by atoms with Crippen LogP contribution in [0.15, 0.2) is 36.5 Å². The van der Waals surface area contributed by atoms with Gasteiger partial charge in [-0.2, -0.15) is 0 Å². The van der Waals surface area contributed by atoms with Crippen LogP contribution in [-0.4, -0.2) is 19.1 Å². The molecule has 0 fully saturated rings. The van der Waals surface area contributed by atoms with Crippen molar-refractivity contribution in [3.05, 3.63) is 53.2 Å². The molecule has 1 N–H and O–H groups in total. The van der Waals surface area contributed by atoms with Crippen molar-refractivity contribution in [2.75, 3.05) is 24.3 Å². The Morgan fingerprint density at radius 1 is 1.11 bits per heavy atom. The fourth-order valence-electron chi connectivity index (χ4n) is 1.94. The molecule has 0 saturated carbocycles. The molecule has 1 aromatic heterocycles. The number of aryl methyl sites for hydroxylation is 2. The van der Waals surface area contributed by atoms with Gasteiger partial charge in [0.25, 0.3) is 0 Å². The Kier molecular flexibility index (Phi) is 4.05. The van der Waals surface area contributed by atoms with Crippen LogP contribution in [0.2, 0.25) is 0 Å². The summed E-state index contributed by atoms with van der Waals surface area (Å²) in [5.74, 6) is 0.970. The zero-order valence-electron chi connectivity index (χ0n) is 12.1. The fourth-order valence-corrected chi connectivity index (χ4v) is 1.94. The second-order valence-corrected chi connectivity index (χ2v) is 5.08. The lowest BCUT2D eigenvalue weighted by Crippen LogP contribution is -2.10. The average Bonchev–Trinajstić information content (AvgIpc) is 2.40. The van der Waals surface area contributed by atoms with Crippen molar-refractivity contribution in [3.63, 3.8) is 0 Å². The molecule has 0 unspecified atom stereocenters. The van der Waals surface area contributed by atoms with Gasteiger partial charge in [0.15, 0.2) is 0 Å². The summed E-state index contributed by atoms with van der Waals surface area (Å²) in [5.41, 5.74) is 4.99. The van der Waals surface area contributed by atoms with Gasteiger partial charge in [0.05, 0.1) is 11.9 Å². The predicted molar refractivity (Wildman–Crippen MR) is 81.8 cm³/mol. The number of rotatable bonds is 4. The molecule has 1 aromatic carbocycles. The van der Waals surface area contributed by atoms with Crippen LogP contribution >= 0.6 is 0 Å². The van der Waals surface area contributed by atoms with Crippen LogP contribution in [0.5, 0.6) is 0 Å². The molecule has 0 atom stereocenters. The van der Waals surface area contributed by atoms with E-state index in [2.05, 4.69) is 48.4 Å². The Morgan fingerprint density at radius 3 is 2.53 bits per heavy atom. The van der Waals surface area contributed by atoms with Gasteiger partial charge in [0.1, 0.15) is 5.82 Å². The zero-order chi connectivity index (χ0) is 13.8. The first-order valence-corrected chi connectivity index (χ1v) is 6.49. The van der Waals surface area contributed by atoms with E-state index in [4.69, 9.17) is 0 Å². The highest BCUT2D eigenvalue weighted by Crippen LogP contribution is 2.15. The maximum absolute atomic E-state index is 4.39. The van der Waals surface area contributed by atoms with Gasteiger partial charge in [0.2, 0.25) is 0 Å². The van der Waals surface area contributed by atoms with Gasteiger partial charge in [-0.3, -0.25) is 0 Å². The number of pyridine rings is 1. The average molecular weight is 255 g/mol. The minimum atomic E-state index is 0.830. The summed E-state index contributed by atoms with van der Waals surface area (Å²) < 4.78 is 0. The molecule has 0 aliphatic heterocycles. The Labute approximate surface area is 115 Å². The first-order chi connectivity index (χ1) is 9.06. The Bertz CT molecular complexity index is 544. The molecular weight excluding hydrogens is 234 g/mol. The van der Waals surface area contributed by atoms with Crippen LogP contribution in [0, 0.1) is 13.8 Å². The number of aromatic nitrogens is 1. The molecule has 0 radical (unpaired) electrons. The third-order valence-electron chi connectivity index (χ3n) is 3.19. The number of anilines is 2. The smallest absolute Gasteiger partial charge is 0.128 e. The monoisotopic (exact) mass is 255 g/mol. The number of nitrogens with one attached hydrogen (secondary N) is 1. The molecule has 2 aromatic rings. The van der Waals surface area contributed by atoms with Crippen LogP contribution in [-0.2, 0) is 6.54 Å². The summed E-state index contributed by atoms with van der Waals surface area (Å²) in [4.78, 5) is 6.39. The molecule has 3 nitrogen and oxygen atoms in total. The summed E-state index contributed by atoms with van der Waals surface area (Å²) in [6.07, 6.45) is 1.88. The molecule has 0 bridgehead atoms. The van der Waals surface area contributed by atoms with E-state index in [1.807, 2.05) is 31.3 Å². The van der Waals surface area contributed by atoms with Gasteiger partial charge in [-0.15, -0.1) is 0 Å².